The molecule has 0 rings (SSSR count). The van der Waals surface area contributed by atoms with Gasteiger partial charge < -0.3 is 19.3 Å². The first kappa shape index (κ1) is 44.9. The molecule has 8 nitrogen and oxygen atoms in total. The van der Waals surface area contributed by atoms with Gasteiger partial charge >= 0.3 is 23.9 Å². The van der Waals surface area contributed by atoms with E-state index in [-0.39, 0.29) is 50.8 Å². The molecule has 0 aromatic rings. The summed E-state index contributed by atoms with van der Waals surface area (Å²) >= 11 is 0. The van der Waals surface area contributed by atoms with Gasteiger partial charge in [0, 0.05) is 12.8 Å². The average Bonchev–Trinajstić information content (AvgIpc) is 3.05. The topological polar surface area (TPSA) is 116 Å². The number of carbonyl (C=O) groups is 4. The fourth-order valence-corrected chi connectivity index (χ4v) is 5.66. The molecule has 0 unspecified atom stereocenters. The molecule has 0 saturated heterocycles. The number of aliphatic carboxylic acids is 1. The molecule has 0 heterocycles. The van der Waals surface area contributed by atoms with E-state index in [9.17, 15) is 19.2 Å². The SMILES string of the molecule is CCCCCCCCCCCCCCCC(=O)OCC(COC(=O)CCCCCCCCCCCCCCC)OC(=O)CCC(=O)O. The maximum atomic E-state index is 12.3. The molecule has 0 aromatic carbocycles. The summed E-state index contributed by atoms with van der Waals surface area (Å²) in [6.45, 7) is 4.05. The second kappa shape index (κ2) is 35.2. The first-order chi connectivity index (χ1) is 22.9. The molecule has 276 valence electrons. The van der Waals surface area contributed by atoms with Crippen LogP contribution in [0.1, 0.15) is 206 Å². The van der Waals surface area contributed by atoms with Crippen molar-refractivity contribution in [2.45, 2.75) is 213 Å². The first-order valence-corrected chi connectivity index (χ1v) is 19.6. The Bertz CT molecular complexity index is 707. The van der Waals surface area contributed by atoms with E-state index in [4.69, 9.17) is 19.3 Å². The van der Waals surface area contributed by atoms with Crippen LogP contribution < -0.4 is 0 Å². The highest BCUT2D eigenvalue weighted by Gasteiger charge is 2.20. The van der Waals surface area contributed by atoms with Crippen LogP contribution in [-0.4, -0.2) is 48.3 Å². The van der Waals surface area contributed by atoms with Crippen molar-refractivity contribution >= 4 is 23.9 Å². The minimum Gasteiger partial charge on any atom is -0.481 e. The summed E-state index contributed by atoms with van der Waals surface area (Å²) in [6, 6.07) is 0. The Morgan fingerprint density at radius 2 is 0.702 bits per heavy atom. The maximum absolute atomic E-state index is 12.3. The zero-order valence-corrected chi connectivity index (χ0v) is 30.5. The number of ether oxygens (including phenoxy) is 3. The highest BCUT2D eigenvalue weighted by molar-refractivity contribution is 5.76. The van der Waals surface area contributed by atoms with E-state index >= 15 is 0 Å². The third-order valence-electron chi connectivity index (χ3n) is 8.67. The summed E-state index contributed by atoms with van der Waals surface area (Å²) < 4.78 is 15.9. The number of carbonyl (C=O) groups excluding carboxylic acids is 3. The molecule has 1 N–H and O–H groups in total. The lowest BCUT2D eigenvalue weighted by Crippen LogP contribution is -2.31. The smallest absolute Gasteiger partial charge is 0.306 e. The Morgan fingerprint density at radius 3 is 1.00 bits per heavy atom. The van der Waals surface area contributed by atoms with Crippen molar-refractivity contribution in [2.24, 2.45) is 0 Å². The van der Waals surface area contributed by atoms with E-state index in [2.05, 4.69) is 13.8 Å². The Morgan fingerprint density at radius 1 is 0.404 bits per heavy atom. The van der Waals surface area contributed by atoms with E-state index in [1.165, 1.54) is 128 Å². The van der Waals surface area contributed by atoms with Gasteiger partial charge in [-0.1, -0.05) is 168 Å². The molecule has 0 radical (unpaired) electrons. The first-order valence-electron chi connectivity index (χ1n) is 19.6. The average molecular weight is 669 g/mol. The van der Waals surface area contributed by atoms with E-state index in [1.54, 1.807) is 0 Å². The minimum absolute atomic E-state index is 0.220. The predicted molar refractivity (Wildman–Crippen MR) is 189 cm³/mol. The van der Waals surface area contributed by atoms with Gasteiger partial charge in [-0.2, -0.15) is 0 Å². The fraction of sp³-hybridized carbons (Fsp3) is 0.897. The molecule has 0 atom stereocenters. The van der Waals surface area contributed by atoms with Crippen molar-refractivity contribution < 1.29 is 38.5 Å². The molecule has 0 aliphatic rings. The molecule has 0 spiro atoms. The van der Waals surface area contributed by atoms with Crippen LogP contribution in [0.3, 0.4) is 0 Å². The molecule has 0 amide bonds. The summed E-state index contributed by atoms with van der Waals surface area (Å²) in [5.41, 5.74) is 0. The van der Waals surface area contributed by atoms with Gasteiger partial charge in [-0.05, 0) is 12.8 Å². The van der Waals surface area contributed by atoms with Crippen LogP contribution in [-0.2, 0) is 33.4 Å². The molecule has 0 aliphatic carbocycles. The van der Waals surface area contributed by atoms with Crippen LogP contribution in [0, 0.1) is 0 Å². The standard InChI is InChI=1S/C39H72O8/c1-3-5-7-9-11-13-15-17-19-21-23-25-27-29-37(42)45-33-35(47-39(44)32-31-36(40)41)34-46-38(43)30-28-26-24-22-20-18-16-14-12-10-8-6-4-2/h35H,3-34H2,1-2H3,(H,40,41). The molecule has 0 bridgehead atoms. The quantitative estimate of drug-likeness (QED) is 0.0398. The van der Waals surface area contributed by atoms with Crippen LogP contribution in [0.5, 0.6) is 0 Å². The molecule has 0 saturated carbocycles. The number of hydrogen-bond donors (Lipinski definition) is 1. The minimum atomic E-state index is -1.10. The van der Waals surface area contributed by atoms with Crippen molar-refractivity contribution in [3.63, 3.8) is 0 Å². The monoisotopic (exact) mass is 669 g/mol. The van der Waals surface area contributed by atoms with Gasteiger partial charge in [-0.25, -0.2) is 0 Å². The molecule has 47 heavy (non-hydrogen) atoms. The Kier molecular flexibility index (Phi) is 33.6. The van der Waals surface area contributed by atoms with Crippen LogP contribution in [0.25, 0.3) is 0 Å². The van der Waals surface area contributed by atoms with Crippen LogP contribution in [0.4, 0.5) is 0 Å². The number of unbranched alkanes of at least 4 members (excludes halogenated alkanes) is 24. The predicted octanol–water partition coefficient (Wildman–Crippen LogP) is 10.8. The van der Waals surface area contributed by atoms with Crippen molar-refractivity contribution in [2.75, 3.05) is 13.2 Å². The largest absolute Gasteiger partial charge is 0.481 e. The van der Waals surface area contributed by atoms with Gasteiger partial charge in [0.15, 0.2) is 6.10 Å². The van der Waals surface area contributed by atoms with Crippen molar-refractivity contribution in [1.29, 1.82) is 0 Å². The summed E-state index contributed by atoms with van der Waals surface area (Å²) in [5.74, 6) is -2.58. The van der Waals surface area contributed by atoms with E-state index in [0.717, 1.165) is 38.5 Å². The molecule has 0 fully saturated rings. The zero-order valence-electron chi connectivity index (χ0n) is 30.5. The number of carboxylic acids is 1. The number of carboxylic acid groups (broad SMARTS) is 1. The summed E-state index contributed by atoms with van der Waals surface area (Å²) in [7, 11) is 0. The zero-order chi connectivity index (χ0) is 34.6. The third kappa shape index (κ3) is 35.0. The summed E-state index contributed by atoms with van der Waals surface area (Å²) in [4.78, 5) is 47.5. The maximum Gasteiger partial charge on any atom is 0.306 e. The molecule has 8 heteroatoms. The van der Waals surface area contributed by atoms with Crippen molar-refractivity contribution in [3.05, 3.63) is 0 Å². The Hall–Kier alpha value is -2.12. The van der Waals surface area contributed by atoms with Gasteiger partial charge in [-0.15, -0.1) is 0 Å². The highest BCUT2D eigenvalue weighted by atomic mass is 16.6. The highest BCUT2D eigenvalue weighted by Crippen LogP contribution is 2.15. The number of rotatable bonds is 36. The van der Waals surface area contributed by atoms with E-state index in [0.29, 0.717) is 0 Å². The van der Waals surface area contributed by atoms with Crippen LogP contribution in [0.15, 0.2) is 0 Å². The molecular weight excluding hydrogens is 596 g/mol. The normalized spacial score (nSPS) is 11.1. The van der Waals surface area contributed by atoms with E-state index in [1.807, 2.05) is 0 Å². The van der Waals surface area contributed by atoms with Gasteiger partial charge in [0.05, 0.1) is 12.8 Å². The van der Waals surface area contributed by atoms with Crippen molar-refractivity contribution in [1.82, 2.24) is 0 Å². The lowest BCUT2D eigenvalue weighted by atomic mass is 10.0. The van der Waals surface area contributed by atoms with Crippen LogP contribution >= 0.6 is 0 Å². The summed E-state index contributed by atoms with van der Waals surface area (Å²) in [6.07, 6.45) is 30.8. The van der Waals surface area contributed by atoms with E-state index < -0.39 is 18.0 Å². The molecule has 0 aliphatic heterocycles. The Labute approximate surface area is 287 Å². The van der Waals surface area contributed by atoms with Crippen molar-refractivity contribution in [3.8, 4) is 0 Å². The van der Waals surface area contributed by atoms with Gasteiger partial charge in [-0.3, -0.25) is 19.2 Å². The lowest BCUT2D eigenvalue weighted by molar-refractivity contribution is -0.167. The number of hydrogen-bond acceptors (Lipinski definition) is 7. The third-order valence-corrected chi connectivity index (χ3v) is 8.67. The van der Waals surface area contributed by atoms with Gasteiger partial charge in [0.25, 0.3) is 0 Å². The molecule has 0 aromatic heterocycles. The van der Waals surface area contributed by atoms with Gasteiger partial charge in [0.1, 0.15) is 13.2 Å². The lowest BCUT2D eigenvalue weighted by Gasteiger charge is -2.18. The number of esters is 3. The Balaban J connectivity index is 4.08. The second-order valence-corrected chi connectivity index (χ2v) is 13.4. The summed E-state index contributed by atoms with van der Waals surface area (Å²) in [5, 5.41) is 8.84. The van der Waals surface area contributed by atoms with Crippen LogP contribution in [0.2, 0.25) is 0 Å². The fourth-order valence-electron chi connectivity index (χ4n) is 5.66. The van der Waals surface area contributed by atoms with Gasteiger partial charge in [0.2, 0.25) is 0 Å². The molecular formula is C39H72O8. The second-order valence-electron chi connectivity index (χ2n) is 13.4.